The quantitative estimate of drug-likeness (QED) is 0.310. The normalized spacial score (nSPS) is 27.5. The molecule has 2 aliphatic heterocycles. The molecule has 2 saturated heterocycles. The highest BCUT2D eigenvalue weighted by Gasteiger charge is 2.57. The molecule has 44 heavy (non-hydrogen) atoms. The Morgan fingerprint density at radius 3 is 2.41 bits per heavy atom. The van der Waals surface area contributed by atoms with Gasteiger partial charge >= 0.3 is 0 Å². The number of carbonyl (C=O) groups is 4. The molecule has 1 N–H and O–H groups in total. The van der Waals surface area contributed by atoms with Crippen molar-refractivity contribution in [1.82, 2.24) is 9.80 Å². The summed E-state index contributed by atoms with van der Waals surface area (Å²) in [7, 11) is 1.51. The Morgan fingerprint density at radius 1 is 0.955 bits per heavy atom. The fourth-order valence-corrected chi connectivity index (χ4v) is 8.17. The van der Waals surface area contributed by atoms with Crippen molar-refractivity contribution in [1.29, 1.82) is 0 Å². The first-order valence-corrected chi connectivity index (χ1v) is 15.5. The Morgan fingerprint density at radius 2 is 1.70 bits per heavy atom. The third-order valence-electron chi connectivity index (χ3n) is 10.3. The molecule has 226 valence electrons. The number of phenolic OH excluding ortho intramolecular Hbond substituents is 1. The number of amides is 2. The van der Waals surface area contributed by atoms with Gasteiger partial charge < -0.3 is 9.84 Å². The topological polar surface area (TPSA) is 104 Å². The highest BCUT2D eigenvalue weighted by Crippen LogP contribution is 2.56. The van der Waals surface area contributed by atoms with Crippen LogP contribution >= 0.6 is 0 Å². The van der Waals surface area contributed by atoms with Gasteiger partial charge in [-0.15, -0.1) is 0 Å². The van der Waals surface area contributed by atoms with Crippen LogP contribution in [0.15, 0.2) is 83.0 Å². The lowest BCUT2D eigenvalue weighted by molar-refractivity contribution is -0.144. The molecule has 2 aromatic rings. The van der Waals surface area contributed by atoms with E-state index in [4.69, 9.17) is 4.74 Å². The maximum Gasteiger partial charge on any atom is 0.233 e. The standard InChI is InChI=1S/C36H36N2O6/c1-20-16-29(39)28-18-27-24(31(33(28)34(20)41)25-9-8-23(44-2)17-30(25)40)10-11-26-32(27)36(43)38(35(26)42)22-12-14-37(15-13-22)19-21-6-4-3-5-7-21/h3-10,16-17,22,26-27,31-32,40H,11-15,18-19H2,1-2H3. The summed E-state index contributed by atoms with van der Waals surface area (Å²) in [5.74, 6) is -2.52. The smallest absolute Gasteiger partial charge is 0.233 e. The largest absolute Gasteiger partial charge is 0.507 e. The second-order valence-corrected chi connectivity index (χ2v) is 12.7. The average molecular weight is 593 g/mol. The molecule has 3 aliphatic carbocycles. The molecule has 2 heterocycles. The van der Waals surface area contributed by atoms with E-state index >= 15 is 0 Å². The number of fused-ring (bicyclic) bond motifs is 3. The summed E-state index contributed by atoms with van der Waals surface area (Å²) >= 11 is 0. The van der Waals surface area contributed by atoms with E-state index in [1.165, 1.54) is 29.7 Å². The van der Waals surface area contributed by atoms with E-state index in [2.05, 4.69) is 17.0 Å². The fourth-order valence-electron chi connectivity index (χ4n) is 8.17. The third-order valence-corrected chi connectivity index (χ3v) is 10.3. The number of nitrogens with zero attached hydrogens (tertiary/aromatic N) is 2. The number of hydrogen-bond acceptors (Lipinski definition) is 7. The highest BCUT2D eigenvalue weighted by atomic mass is 16.5. The number of methoxy groups -OCH3 is 1. The van der Waals surface area contributed by atoms with Gasteiger partial charge in [0.05, 0.1) is 18.9 Å². The van der Waals surface area contributed by atoms with E-state index in [0.717, 1.165) is 38.0 Å². The van der Waals surface area contributed by atoms with E-state index in [9.17, 15) is 24.3 Å². The predicted molar refractivity (Wildman–Crippen MR) is 163 cm³/mol. The van der Waals surface area contributed by atoms with Gasteiger partial charge in [0, 0.05) is 59.9 Å². The maximum absolute atomic E-state index is 14.2. The molecule has 0 saturated carbocycles. The van der Waals surface area contributed by atoms with Crippen molar-refractivity contribution in [3.05, 3.63) is 94.1 Å². The molecular weight excluding hydrogens is 556 g/mol. The Labute approximate surface area is 256 Å². The number of imide groups is 1. The summed E-state index contributed by atoms with van der Waals surface area (Å²) in [6.45, 7) is 4.08. The summed E-state index contributed by atoms with van der Waals surface area (Å²) in [4.78, 5) is 59.0. The van der Waals surface area contributed by atoms with Gasteiger partial charge in [-0.05, 0) is 56.2 Å². The Hall–Kier alpha value is -4.30. The molecule has 0 spiro atoms. The summed E-state index contributed by atoms with van der Waals surface area (Å²) in [6.07, 6.45) is 5.43. The van der Waals surface area contributed by atoms with Crippen LogP contribution in [0, 0.1) is 17.8 Å². The van der Waals surface area contributed by atoms with Crippen LogP contribution < -0.4 is 4.74 Å². The second-order valence-electron chi connectivity index (χ2n) is 12.7. The zero-order valence-electron chi connectivity index (χ0n) is 25.0. The Kier molecular flexibility index (Phi) is 7.12. The van der Waals surface area contributed by atoms with Crippen LogP contribution in [0.1, 0.15) is 49.7 Å². The van der Waals surface area contributed by atoms with Crippen LogP contribution in [-0.2, 0) is 25.7 Å². The van der Waals surface area contributed by atoms with Crippen LogP contribution in [0.4, 0.5) is 0 Å². The number of Topliss-reactive ketones (excluding diaryl/α,β-unsaturated/α-hetero) is 1. The Balaban J connectivity index is 1.19. The molecule has 2 aromatic carbocycles. The van der Waals surface area contributed by atoms with Crippen molar-refractivity contribution in [3.63, 3.8) is 0 Å². The van der Waals surface area contributed by atoms with Gasteiger partial charge in [-0.3, -0.25) is 29.0 Å². The number of piperidine rings is 1. The molecule has 8 nitrogen and oxygen atoms in total. The molecule has 7 rings (SSSR count). The predicted octanol–water partition coefficient (Wildman–Crippen LogP) is 4.49. The lowest BCUT2D eigenvalue weighted by Gasteiger charge is -2.42. The summed E-state index contributed by atoms with van der Waals surface area (Å²) in [5.41, 5.74) is 3.68. The molecule has 0 aromatic heterocycles. The first kappa shape index (κ1) is 28.5. The minimum absolute atomic E-state index is 0.0463. The van der Waals surface area contributed by atoms with E-state index in [-0.39, 0.29) is 41.6 Å². The van der Waals surface area contributed by atoms with Gasteiger partial charge in [-0.1, -0.05) is 48.0 Å². The van der Waals surface area contributed by atoms with Crippen molar-refractivity contribution < 1.29 is 29.0 Å². The number of carbonyl (C=O) groups excluding carboxylic acids is 4. The van der Waals surface area contributed by atoms with Crippen molar-refractivity contribution in [2.24, 2.45) is 17.8 Å². The molecule has 8 heteroatoms. The number of benzene rings is 2. The van der Waals surface area contributed by atoms with Crippen LogP contribution in [0.2, 0.25) is 0 Å². The summed E-state index contributed by atoms with van der Waals surface area (Å²) < 4.78 is 5.29. The third kappa shape index (κ3) is 4.54. The van der Waals surface area contributed by atoms with Crippen LogP contribution in [0.25, 0.3) is 0 Å². The van der Waals surface area contributed by atoms with Crippen LogP contribution in [-0.4, -0.2) is 64.5 Å². The van der Waals surface area contributed by atoms with E-state index in [1.54, 1.807) is 19.1 Å². The van der Waals surface area contributed by atoms with Gasteiger partial charge in [0.2, 0.25) is 11.8 Å². The van der Waals surface area contributed by atoms with Crippen molar-refractivity contribution in [2.75, 3.05) is 20.2 Å². The number of aromatic hydroxyl groups is 1. The van der Waals surface area contributed by atoms with E-state index in [0.29, 0.717) is 34.5 Å². The first-order valence-electron chi connectivity index (χ1n) is 15.5. The molecule has 2 fully saturated rings. The lowest BCUT2D eigenvalue weighted by Crippen LogP contribution is -2.47. The minimum atomic E-state index is -0.686. The zero-order valence-corrected chi connectivity index (χ0v) is 25.0. The zero-order chi connectivity index (χ0) is 30.7. The monoisotopic (exact) mass is 592 g/mol. The molecular formula is C36H36N2O6. The first-order chi connectivity index (χ1) is 21.3. The number of phenols is 1. The summed E-state index contributed by atoms with van der Waals surface area (Å²) in [6, 6.07) is 15.1. The molecule has 4 unspecified atom stereocenters. The highest BCUT2D eigenvalue weighted by molar-refractivity contribution is 6.24. The number of ketones is 2. The van der Waals surface area contributed by atoms with Crippen LogP contribution in [0.3, 0.4) is 0 Å². The lowest BCUT2D eigenvalue weighted by atomic mass is 9.59. The van der Waals surface area contributed by atoms with E-state index in [1.807, 2.05) is 24.3 Å². The molecule has 4 atom stereocenters. The SMILES string of the molecule is COc1ccc(C2C3=CCC4C(=O)N(C5CCN(Cc6ccccc6)CC5)C(=O)C4C3CC3=C2C(=O)C(C)=CC3=O)c(O)c1. The van der Waals surface area contributed by atoms with Gasteiger partial charge in [0.15, 0.2) is 11.6 Å². The Bertz CT molecular complexity index is 1660. The van der Waals surface area contributed by atoms with E-state index < -0.39 is 23.7 Å². The molecule has 2 amide bonds. The summed E-state index contributed by atoms with van der Waals surface area (Å²) in [5, 5.41) is 11.1. The fraction of sp³-hybridized carbons (Fsp3) is 0.389. The minimum Gasteiger partial charge on any atom is -0.507 e. The number of ether oxygens (including phenoxy) is 1. The van der Waals surface area contributed by atoms with Gasteiger partial charge in [0.25, 0.3) is 0 Å². The van der Waals surface area contributed by atoms with Crippen molar-refractivity contribution >= 4 is 23.4 Å². The van der Waals surface area contributed by atoms with Crippen LogP contribution in [0.5, 0.6) is 11.5 Å². The van der Waals surface area contributed by atoms with Crippen molar-refractivity contribution in [3.8, 4) is 11.5 Å². The molecule has 0 radical (unpaired) electrons. The van der Waals surface area contributed by atoms with Gasteiger partial charge in [-0.25, -0.2) is 0 Å². The number of allylic oxidation sites excluding steroid dienone is 6. The molecule has 0 bridgehead atoms. The van der Waals surface area contributed by atoms with Gasteiger partial charge in [0.1, 0.15) is 11.5 Å². The number of rotatable bonds is 5. The maximum atomic E-state index is 14.2. The second kappa shape index (κ2) is 11.0. The van der Waals surface area contributed by atoms with Crippen molar-refractivity contribution in [2.45, 2.75) is 51.1 Å². The number of likely N-dealkylation sites (tertiary alicyclic amines) is 2. The van der Waals surface area contributed by atoms with Gasteiger partial charge in [-0.2, -0.15) is 0 Å². The molecule has 5 aliphatic rings. The average Bonchev–Trinajstić information content (AvgIpc) is 3.29. The number of hydrogen-bond donors (Lipinski definition) is 1.